The summed E-state index contributed by atoms with van der Waals surface area (Å²) in [6.07, 6.45) is 3.19. The van der Waals surface area contributed by atoms with E-state index in [1.165, 1.54) is 6.42 Å². The third-order valence-electron chi connectivity index (χ3n) is 4.99. The molecule has 1 fully saturated rings. The van der Waals surface area contributed by atoms with E-state index in [4.69, 9.17) is 0 Å². The summed E-state index contributed by atoms with van der Waals surface area (Å²) in [5.74, 6) is 1.53. The fourth-order valence-corrected chi connectivity index (χ4v) is 5.14. The third kappa shape index (κ3) is 4.82. The highest BCUT2D eigenvalue weighted by Gasteiger charge is 2.29. The van der Waals surface area contributed by atoms with E-state index in [0.29, 0.717) is 19.0 Å². The molecule has 6 nitrogen and oxygen atoms in total. The Morgan fingerprint density at radius 2 is 2.08 bits per heavy atom. The van der Waals surface area contributed by atoms with Gasteiger partial charge in [-0.25, -0.2) is 8.42 Å². The van der Waals surface area contributed by atoms with E-state index in [1.54, 1.807) is 11.4 Å². The number of fused-ring (bicyclic) bond motifs is 1. The molecule has 0 saturated carbocycles. The summed E-state index contributed by atoms with van der Waals surface area (Å²) in [5.41, 5.74) is 1.94. The first-order valence-electron chi connectivity index (χ1n) is 9.05. The highest BCUT2D eigenvalue weighted by atomic mass is 127. The van der Waals surface area contributed by atoms with Gasteiger partial charge in [-0.05, 0) is 36.8 Å². The summed E-state index contributed by atoms with van der Waals surface area (Å²) in [6.45, 7) is 5.12. The van der Waals surface area contributed by atoms with Gasteiger partial charge >= 0.3 is 0 Å². The molecule has 2 heterocycles. The van der Waals surface area contributed by atoms with Crippen LogP contribution in [0.5, 0.6) is 0 Å². The van der Waals surface area contributed by atoms with Crippen LogP contribution in [-0.4, -0.2) is 58.3 Å². The van der Waals surface area contributed by atoms with Crippen molar-refractivity contribution in [2.45, 2.75) is 26.2 Å². The lowest BCUT2D eigenvalue weighted by Crippen LogP contribution is -2.47. The van der Waals surface area contributed by atoms with Gasteiger partial charge in [-0.1, -0.05) is 25.1 Å². The molecule has 146 valence electrons. The molecular formula is C18H29IN4O2S. The predicted molar refractivity (Wildman–Crippen MR) is 118 cm³/mol. The van der Waals surface area contributed by atoms with Crippen molar-refractivity contribution in [3.05, 3.63) is 29.8 Å². The van der Waals surface area contributed by atoms with Crippen LogP contribution in [0.15, 0.2) is 29.3 Å². The maximum Gasteiger partial charge on any atom is 0.236 e. The Labute approximate surface area is 174 Å². The van der Waals surface area contributed by atoms with Gasteiger partial charge in [-0.15, -0.1) is 24.0 Å². The lowest BCUT2D eigenvalue weighted by molar-refractivity contribution is 0.266. The Hall–Kier alpha value is -1.03. The standard InChI is InChI=1S/C18H28N4O2S.HI/c1-15-6-5-11-21(14-15)18(19-2)20-10-13-25(23,24)22-12-9-16-7-3-4-8-17(16)22;/h3-4,7-8,15H,5-6,9-14H2,1-2H3,(H,19,20);1H. The number of para-hydroxylation sites is 1. The van der Waals surface area contributed by atoms with E-state index in [-0.39, 0.29) is 29.7 Å². The molecular weight excluding hydrogens is 463 g/mol. The molecule has 2 aliphatic heterocycles. The average molecular weight is 492 g/mol. The molecule has 0 aromatic heterocycles. The Balaban J connectivity index is 0.00000243. The van der Waals surface area contributed by atoms with E-state index in [1.807, 2.05) is 24.3 Å². The number of hydrogen-bond donors (Lipinski definition) is 1. The van der Waals surface area contributed by atoms with Crippen LogP contribution in [0.25, 0.3) is 0 Å². The molecule has 0 aliphatic carbocycles. The van der Waals surface area contributed by atoms with Gasteiger partial charge in [0.05, 0.1) is 11.4 Å². The van der Waals surface area contributed by atoms with Crippen molar-refractivity contribution in [2.75, 3.05) is 43.3 Å². The van der Waals surface area contributed by atoms with Gasteiger partial charge in [0, 0.05) is 33.2 Å². The molecule has 0 spiro atoms. The highest BCUT2D eigenvalue weighted by Crippen LogP contribution is 2.29. The van der Waals surface area contributed by atoms with Crippen molar-refractivity contribution in [2.24, 2.45) is 10.9 Å². The van der Waals surface area contributed by atoms with Crippen molar-refractivity contribution in [1.29, 1.82) is 0 Å². The minimum Gasteiger partial charge on any atom is -0.355 e. The van der Waals surface area contributed by atoms with Crippen molar-refractivity contribution in [1.82, 2.24) is 10.2 Å². The molecule has 1 aromatic rings. The molecule has 1 atom stereocenters. The monoisotopic (exact) mass is 492 g/mol. The van der Waals surface area contributed by atoms with Gasteiger partial charge in [0.1, 0.15) is 0 Å². The zero-order chi connectivity index (χ0) is 17.9. The number of nitrogens with zero attached hydrogens (tertiary/aromatic N) is 3. The first kappa shape index (κ1) is 21.3. The lowest BCUT2D eigenvalue weighted by atomic mass is 10.0. The summed E-state index contributed by atoms with van der Waals surface area (Å²) in [6, 6.07) is 7.74. The van der Waals surface area contributed by atoms with E-state index < -0.39 is 10.0 Å². The van der Waals surface area contributed by atoms with Crippen molar-refractivity contribution in [3.8, 4) is 0 Å². The molecule has 0 radical (unpaired) electrons. The summed E-state index contributed by atoms with van der Waals surface area (Å²) in [5, 5.41) is 3.23. The Bertz CT molecular complexity index is 738. The highest BCUT2D eigenvalue weighted by molar-refractivity contribution is 14.0. The van der Waals surface area contributed by atoms with Gasteiger partial charge in [-0.3, -0.25) is 9.30 Å². The molecule has 0 bridgehead atoms. The smallest absolute Gasteiger partial charge is 0.236 e. The number of halogens is 1. The third-order valence-corrected chi connectivity index (χ3v) is 6.76. The number of hydrogen-bond acceptors (Lipinski definition) is 3. The average Bonchev–Trinajstić information content (AvgIpc) is 3.04. The number of anilines is 1. The second-order valence-corrected chi connectivity index (χ2v) is 8.95. The summed E-state index contributed by atoms with van der Waals surface area (Å²) in [7, 11) is -1.56. The van der Waals surface area contributed by atoms with Gasteiger partial charge in [-0.2, -0.15) is 0 Å². The van der Waals surface area contributed by atoms with E-state index in [2.05, 4.69) is 22.1 Å². The van der Waals surface area contributed by atoms with Gasteiger partial charge < -0.3 is 10.2 Å². The fourth-order valence-electron chi connectivity index (χ4n) is 3.71. The topological polar surface area (TPSA) is 65.0 Å². The molecule has 0 amide bonds. The molecule has 3 rings (SSSR count). The number of rotatable bonds is 4. The van der Waals surface area contributed by atoms with Crippen LogP contribution >= 0.6 is 24.0 Å². The molecule has 8 heteroatoms. The van der Waals surface area contributed by atoms with Crippen LogP contribution in [0.4, 0.5) is 5.69 Å². The first-order chi connectivity index (χ1) is 12.0. The normalized spacial score (nSPS) is 20.5. The summed E-state index contributed by atoms with van der Waals surface area (Å²) >= 11 is 0. The summed E-state index contributed by atoms with van der Waals surface area (Å²) in [4.78, 5) is 6.55. The molecule has 26 heavy (non-hydrogen) atoms. The number of piperidine rings is 1. The predicted octanol–water partition coefficient (Wildman–Crippen LogP) is 2.30. The van der Waals surface area contributed by atoms with Crippen LogP contribution in [0.1, 0.15) is 25.3 Å². The van der Waals surface area contributed by atoms with E-state index >= 15 is 0 Å². The Morgan fingerprint density at radius 3 is 2.81 bits per heavy atom. The van der Waals surface area contributed by atoms with Gasteiger partial charge in [0.2, 0.25) is 10.0 Å². The quantitative estimate of drug-likeness (QED) is 0.398. The van der Waals surface area contributed by atoms with Crippen molar-refractivity contribution < 1.29 is 8.42 Å². The second kappa shape index (κ2) is 9.25. The zero-order valence-corrected chi connectivity index (χ0v) is 18.7. The number of guanidine groups is 1. The number of sulfonamides is 1. The van der Waals surface area contributed by atoms with Gasteiger partial charge in [0.25, 0.3) is 0 Å². The van der Waals surface area contributed by atoms with Crippen LogP contribution < -0.4 is 9.62 Å². The Morgan fingerprint density at radius 1 is 1.31 bits per heavy atom. The fraction of sp³-hybridized carbons (Fsp3) is 0.611. The number of nitrogens with one attached hydrogen (secondary N) is 1. The minimum absolute atomic E-state index is 0. The van der Waals surface area contributed by atoms with Crippen molar-refractivity contribution >= 4 is 45.6 Å². The van der Waals surface area contributed by atoms with E-state index in [0.717, 1.165) is 43.1 Å². The molecule has 2 aliphatic rings. The number of benzene rings is 1. The van der Waals surface area contributed by atoms with E-state index in [9.17, 15) is 8.42 Å². The molecule has 1 aromatic carbocycles. The Kier molecular flexibility index (Phi) is 7.57. The summed E-state index contributed by atoms with van der Waals surface area (Å²) < 4.78 is 27.0. The molecule has 1 saturated heterocycles. The van der Waals surface area contributed by atoms with Crippen LogP contribution in [0.2, 0.25) is 0 Å². The SMILES string of the molecule is CN=C(NCCS(=O)(=O)N1CCc2ccccc21)N1CCCC(C)C1.I. The number of aliphatic imine (C=N–C) groups is 1. The molecule has 1 N–H and O–H groups in total. The zero-order valence-electron chi connectivity index (χ0n) is 15.5. The van der Waals surface area contributed by atoms with Crippen LogP contribution in [0.3, 0.4) is 0 Å². The minimum atomic E-state index is -3.32. The van der Waals surface area contributed by atoms with Crippen LogP contribution in [0, 0.1) is 5.92 Å². The largest absolute Gasteiger partial charge is 0.355 e. The lowest BCUT2D eigenvalue weighted by Gasteiger charge is -2.33. The second-order valence-electron chi connectivity index (χ2n) is 6.93. The number of likely N-dealkylation sites (tertiary alicyclic amines) is 1. The van der Waals surface area contributed by atoms with Crippen molar-refractivity contribution in [3.63, 3.8) is 0 Å². The first-order valence-corrected chi connectivity index (χ1v) is 10.7. The van der Waals surface area contributed by atoms with Crippen LogP contribution in [-0.2, 0) is 16.4 Å². The van der Waals surface area contributed by atoms with Gasteiger partial charge in [0.15, 0.2) is 5.96 Å². The maximum atomic E-state index is 12.7. The maximum absolute atomic E-state index is 12.7. The molecule has 1 unspecified atom stereocenters.